The number of nitrogen functional groups attached to an aromatic ring is 1. The van der Waals surface area contributed by atoms with Crippen LogP contribution >= 0.6 is 0 Å². The van der Waals surface area contributed by atoms with Crippen molar-refractivity contribution in [2.45, 2.75) is 24.9 Å². The lowest BCUT2D eigenvalue weighted by atomic mass is 10.0. The molecule has 9 heteroatoms. The third-order valence-corrected chi connectivity index (χ3v) is 6.83. The van der Waals surface area contributed by atoms with Gasteiger partial charge in [0.25, 0.3) is 0 Å². The highest BCUT2D eigenvalue weighted by molar-refractivity contribution is 5.98. The van der Waals surface area contributed by atoms with Crippen LogP contribution in [0, 0.1) is 5.82 Å². The van der Waals surface area contributed by atoms with Crippen molar-refractivity contribution in [3.8, 4) is 22.8 Å². The Morgan fingerprint density at radius 2 is 1.74 bits per heavy atom. The Balaban J connectivity index is 1.29. The first-order chi connectivity index (χ1) is 16.7. The molecule has 2 aliphatic rings. The molecular formula is C25H26FN7O. The van der Waals surface area contributed by atoms with Gasteiger partial charge in [-0.1, -0.05) is 12.1 Å². The van der Waals surface area contributed by atoms with E-state index in [4.69, 9.17) is 15.6 Å². The summed E-state index contributed by atoms with van der Waals surface area (Å²) in [6, 6.07) is 14.7. The van der Waals surface area contributed by atoms with Crippen molar-refractivity contribution in [1.82, 2.24) is 30.0 Å². The smallest absolute Gasteiger partial charge is 0.165 e. The van der Waals surface area contributed by atoms with Gasteiger partial charge in [-0.15, -0.1) is 0 Å². The van der Waals surface area contributed by atoms with Gasteiger partial charge in [0.1, 0.15) is 23.6 Å². The summed E-state index contributed by atoms with van der Waals surface area (Å²) in [4.78, 5) is 11.3. The molecule has 0 bridgehead atoms. The molecule has 0 saturated carbocycles. The van der Waals surface area contributed by atoms with Gasteiger partial charge in [0, 0.05) is 37.8 Å². The molecule has 2 aromatic carbocycles. The number of fused-ring (bicyclic) bond motifs is 1. The molecule has 0 aliphatic carbocycles. The molecule has 2 aliphatic heterocycles. The first-order valence-electron chi connectivity index (χ1n) is 11.6. The summed E-state index contributed by atoms with van der Waals surface area (Å²) in [5, 5.41) is 9.09. The first kappa shape index (κ1) is 21.0. The molecule has 8 nitrogen and oxygen atoms in total. The highest BCUT2D eigenvalue weighted by Gasteiger charge is 2.31. The lowest BCUT2D eigenvalue weighted by molar-refractivity contribution is 0.0990. The number of ether oxygens (including phenoxy) is 1. The Morgan fingerprint density at radius 3 is 2.44 bits per heavy atom. The molecule has 3 N–H and O–H groups in total. The molecule has 174 valence electrons. The van der Waals surface area contributed by atoms with Crippen molar-refractivity contribution in [1.29, 1.82) is 0 Å². The predicted octanol–water partition coefficient (Wildman–Crippen LogP) is 3.62. The minimum Gasteiger partial charge on any atom is -0.454 e. The maximum atomic E-state index is 13.9. The van der Waals surface area contributed by atoms with Crippen LogP contribution in [0.3, 0.4) is 0 Å². The van der Waals surface area contributed by atoms with E-state index in [1.165, 1.54) is 12.4 Å². The number of anilines is 1. The van der Waals surface area contributed by atoms with E-state index >= 15 is 0 Å². The van der Waals surface area contributed by atoms with Crippen molar-refractivity contribution in [3.63, 3.8) is 0 Å². The van der Waals surface area contributed by atoms with Gasteiger partial charge in [0.05, 0.1) is 11.4 Å². The average molecular weight is 460 g/mol. The normalized spacial score (nSPS) is 17.7. The zero-order valence-corrected chi connectivity index (χ0v) is 18.7. The molecule has 34 heavy (non-hydrogen) atoms. The van der Waals surface area contributed by atoms with Gasteiger partial charge in [-0.25, -0.2) is 19.0 Å². The zero-order valence-electron chi connectivity index (χ0n) is 18.7. The number of halogens is 1. The Kier molecular flexibility index (Phi) is 5.35. The molecule has 4 aromatic rings. The minimum absolute atomic E-state index is 0.187. The lowest BCUT2D eigenvalue weighted by Crippen LogP contribution is -2.58. The number of nitrogens with two attached hydrogens (primary N) is 1. The number of para-hydroxylation sites is 1. The second kappa shape index (κ2) is 8.66. The summed E-state index contributed by atoms with van der Waals surface area (Å²) in [5.41, 5.74) is 8.67. The standard InChI is InChI=1S/C25H26FN7O/c26-20-3-1-2-4-21(20)34-19-7-5-16(6-8-19)23-22-24(27)29-15-30-25(22)33(31-23)17-9-11-32(12-10-17)18-13-28-14-18/h1-8,15,17-18,28H,9-14H2,(H2,27,29,30). The molecule has 2 aromatic heterocycles. The number of benzene rings is 2. The van der Waals surface area contributed by atoms with E-state index in [-0.39, 0.29) is 11.8 Å². The van der Waals surface area contributed by atoms with Gasteiger partial charge in [-0.2, -0.15) is 5.10 Å². The topological polar surface area (TPSA) is 94.1 Å². The summed E-state index contributed by atoms with van der Waals surface area (Å²) in [5.74, 6) is 0.739. The average Bonchev–Trinajstić information content (AvgIpc) is 3.22. The van der Waals surface area contributed by atoms with Crippen LogP contribution in [0.15, 0.2) is 54.9 Å². The van der Waals surface area contributed by atoms with Gasteiger partial charge in [-0.3, -0.25) is 4.90 Å². The number of piperidine rings is 1. The molecule has 0 unspecified atom stereocenters. The van der Waals surface area contributed by atoms with Crippen LogP contribution in [0.2, 0.25) is 0 Å². The second-order valence-electron chi connectivity index (χ2n) is 8.89. The third kappa shape index (κ3) is 3.76. The molecular weight excluding hydrogens is 433 g/mol. The van der Waals surface area contributed by atoms with E-state index in [0.717, 1.165) is 61.3 Å². The zero-order chi connectivity index (χ0) is 23.1. The summed E-state index contributed by atoms with van der Waals surface area (Å²) in [6.07, 6.45) is 3.54. The van der Waals surface area contributed by atoms with Gasteiger partial charge < -0.3 is 15.8 Å². The molecule has 0 spiro atoms. The van der Waals surface area contributed by atoms with E-state index in [0.29, 0.717) is 17.6 Å². The van der Waals surface area contributed by atoms with Gasteiger partial charge in [-0.05, 0) is 49.2 Å². The van der Waals surface area contributed by atoms with E-state index in [1.54, 1.807) is 30.3 Å². The number of rotatable bonds is 5. The fourth-order valence-corrected chi connectivity index (χ4v) is 4.81. The van der Waals surface area contributed by atoms with Crippen LogP contribution in [0.4, 0.5) is 10.2 Å². The number of nitrogens with zero attached hydrogens (tertiary/aromatic N) is 5. The first-order valence-corrected chi connectivity index (χ1v) is 11.6. The number of nitrogens with one attached hydrogen (secondary N) is 1. The van der Waals surface area contributed by atoms with Crippen molar-refractivity contribution in [2.24, 2.45) is 0 Å². The predicted molar refractivity (Wildman–Crippen MR) is 128 cm³/mol. The molecule has 0 atom stereocenters. The van der Waals surface area contributed by atoms with Gasteiger partial charge >= 0.3 is 0 Å². The Labute approximate surface area is 196 Å². The van der Waals surface area contributed by atoms with Gasteiger partial charge in [0.15, 0.2) is 17.2 Å². The molecule has 4 heterocycles. The number of aromatic nitrogens is 4. The van der Waals surface area contributed by atoms with Crippen LogP contribution in [-0.2, 0) is 0 Å². The van der Waals surface area contributed by atoms with Gasteiger partial charge in [0.2, 0.25) is 0 Å². The number of hydrogen-bond donors (Lipinski definition) is 2. The third-order valence-electron chi connectivity index (χ3n) is 6.83. The highest BCUT2D eigenvalue weighted by atomic mass is 19.1. The van der Waals surface area contributed by atoms with Crippen molar-refractivity contribution < 1.29 is 9.13 Å². The van der Waals surface area contributed by atoms with Crippen LogP contribution < -0.4 is 15.8 Å². The van der Waals surface area contributed by atoms with E-state index in [1.807, 2.05) is 16.8 Å². The van der Waals surface area contributed by atoms with E-state index in [9.17, 15) is 4.39 Å². The molecule has 2 fully saturated rings. The minimum atomic E-state index is -0.402. The fourth-order valence-electron chi connectivity index (χ4n) is 4.81. The summed E-state index contributed by atoms with van der Waals surface area (Å²) >= 11 is 0. The van der Waals surface area contributed by atoms with Crippen molar-refractivity contribution in [3.05, 3.63) is 60.7 Å². The SMILES string of the molecule is Nc1ncnc2c1c(-c1ccc(Oc3ccccc3F)cc1)nn2C1CCN(C2CNC2)CC1. The van der Waals surface area contributed by atoms with Crippen molar-refractivity contribution in [2.75, 3.05) is 31.9 Å². The summed E-state index contributed by atoms with van der Waals surface area (Å²) in [7, 11) is 0. The van der Waals surface area contributed by atoms with Crippen LogP contribution in [0.1, 0.15) is 18.9 Å². The highest BCUT2D eigenvalue weighted by Crippen LogP contribution is 2.35. The fraction of sp³-hybridized carbons (Fsp3) is 0.320. The lowest BCUT2D eigenvalue weighted by Gasteiger charge is -2.42. The summed E-state index contributed by atoms with van der Waals surface area (Å²) in [6.45, 7) is 4.27. The Morgan fingerprint density at radius 1 is 0.971 bits per heavy atom. The van der Waals surface area contributed by atoms with Crippen LogP contribution in [0.25, 0.3) is 22.3 Å². The van der Waals surface area contributed by atoms with E-state index in [2.05, 4.69) is 20.2 Å². The molecule has 0 radical (unpaired) electrons. The quantitative estimate of drug-likeness (QED) is 0.471. The monoisotopic (exact) mass is 459 g/mol. The van der Waals surface area contributed by atoms with Crippen molar-refractivity contribution >= 4 is 16.9 Å². The van der Waals surface area contributed by atoms with Crippen LogP contribution in [-0.4, -0.2) is 56.9 Å². The number of hydrogen-bond acceptors (Lipinski definition) is 7. The molecule has 0 amide bonds. The second-order valence-corrected chi connectivity index (χ2v) is 8.89. The maximum Gasteiger partial charge on any atom is 0.165 e. The summed E-state index contributed by atoms with van der Waals surface area (Å²) < 4.78 is 21.7. The Bertz CT molecular complexity index is 1310. The largest absolute Gasteiger partial charge is 0.454 e. The molecule has 2 saturated heterocycles. The maximum absolute atomic E-state index is 13.9. The number of likely N-dealkylation sites (tertiary alicyclic amines) is 1. The Hall–Kier alpha value is -3.56. The molecule has 6 rings (SSSR count). The van der Waals surface area contributed by atoms with E-state index < -0.39 is 5.82 Å². The van der Waals surface area contributed by atoms with Crippen LogP contribution in [0.5, 0.6) is 11.5 Å².